The molecular formula is C24H38ClN3. The zero-order chi connectivity index (χ0) is 21.8. The van der Waals surface area contributed by atoms with Crippen molar-refractivity contribution in [3.8, 4) is 11.8 Å². The van der Waals surface area contributed by atoms with Gasteiger partial charge in [-0.05, 0) is 54.4 Å². The van der Waals surface area contributed by atoms with Gasteiger partial charge in [0.1, 0.15) is 0 Å². The molecule has 3 atom stereocenters. The molecule has 0 aliphatic heterocycles. The molecule has 0 radical (unpaired) electrons. The molecule has 0 bridgehead atoms. The van der Waals surface area contributed by atoms with E-state index in [0.717, 1.165) is 30.1 Å². The summed E-state index contributed by atoms with van der Waals surface area (Å²) in [5.74, 6) is 6.07. The average molecular weight is 404 g/mol. The summed E-state index contributed by atoms with van der Waals surface area (Å²) in [6, 6.07) is -0.0930. The molecule has 3 nitrogen and oxygen atoms in total. The van der Waals surface area contributed by atoms with Gasteiger partial charge in [-0.15, -0.1) is 12.5 Å². The van der Waals surface area contributed by atoms with Crippen molar-refractivity contribution in [1.82, 2.24) is 5.32 Å². The van der Waals surface area contributed by atoms with E-state index in [-0.39, 0.29) is 11.5 Å². The molecular weight excluding hydrogens is 366 g/mol. The smallest absolute Gasteiger partial charge is 0.0938 e. The standard InChI is InChI=1S/C24H38ClN3/c1-9-15-24(8,26)22(13-11-12-20(5)17-27-19(3)4)28-18-23(7,10-2)16-14-21(6)25/h10-11,13-14,17,22,28H,2,12,16,18,26H2,1,3-8H3/b13-11+,20-17+,21-14+. The first-order chi connectivity index (χ1) is 13.0. The van der Waals surface area contributed by atoms with E-state index in [4.69, 9.17) is 17.3 Å². The van der Waals surface area contributed by atoms with Gasteiger partial charge in [-0.2, -0.15) is 0 Å². The molecule has 4 heteroatoms. The predicted molar refractivity (Wildman–Crippen MR) is 127 cm³/mol. The number of hydrogen-bond donors (Lipinski definition) is 2. The Kier molecular flexibility index (Phi) is 12.0. The molecule has 3 unspecified atom stereocenters. The summed E-state index contributed by atoms with van der Waals surface area (Å²) < 4.78 is 0. The molecule has 28 heavy (non-hydrogen) atoms. The van der Waals surface area contributed by atoms with Crippen LogP contribution in [-0.4, -0.2) is 23.8 Å². The SMILES string of the molecule is C=CC(C)(C/C=C(\C)Cl)CNC(/C=C/C/C(C)=C/N=C(C)C)C(C)(N)C#CC. The second-order valence-electron chi connectivity index (χ2n) is 8.05. The quantitative estimate of drug-likeness (QED) is 0.262. The first kappa shape index (κ1) is 26.4. The van der Waals surface area contributed by atoms with Crippen molar-refractivity contribution in [3.63, 3.8) is 0 Å². The second-order valence-corrected chi connectivity index (χ2v) is 8.65. The molecule has 0 saturated heterocycles. The summed E-state index contributed by atoms with van der Waals surface area (Å²) in [6.45, 7) is 18.6. The Morgan fingerprint density at radius 3 is 2.43 bits per heavy atom. The molecule has 0 aliphatic rings. The van der Waals surface area contributed by atoms with Crippen molar-refractivity contribution in [3.05, 3.63) is 47.7 Å². The number of aliphatic imine (C=N–C) groups is 1. The van der Waals surface area contributed by atoms with Crippen molar-refractivity contribution in [1.29, 1.82) is 0 Å². The van der Waals surface area contributed by atoms with E-state index in [2.05, 4.69) is 54.7 Å². The summed E-state index contributed by atoms with van der Waals surface area (Å²) in [7, 11) is 0. The molecule has 0 aliphatic carbocycles. The van der Waals surface area contributed by atoms with Crippen molar-refractivity contribution < 1.29 is 0 Å². The second kappa shape index (κ2) is 12.8. The summed E-state index contributed by atoms with van der Waals surface area (Å²) in [6.07, 6.45) is 11.8. The fourth-order valence-corrected chi connectivity index (χ4v) is 2.53. The minimum Gasteiger partial charge on any atom is -0.314 e. The zero-order valence-electron chi connectivity index (χ0n) is 18.7. The molecule has 0 saturated carbocycles. The molecule has 156 valence electrons. The Balaban J connectivity index is 5.33. The van der Waals surface area contributed by atoms with Crippen LogP contribution in [0.4, 0.5) is 0 Å². The number of nitrogens with zero attached hydrogens (tertiary/aromatic N) is 1. The Hall–Kier alpha value is -1.60. The molecule has 0 rings (SSSR count). The van der Waals surface area contributed by atoms with Gasteiger partial charge < -0.3 is 11.1 Å². The fraction of sp³-hybridized carbons (Fsp3) is 0.542. The van der Waals surface area contributed by atoms with E-state index in [9.17, 15) is 0 Å². The summed E-state index contributed by atoms with van der Waals surface area (Å²) in [5.41, 5.74) is 7.93. The molecule has 0 spiro atoms. The molecule has 0 aromatic heterocycles. The van der Waals surface area contributed by atoms with Gasteiger partial charge in [-0.25, -0.2) is 0 Å². The maximum atomic E-state index is 6.50. The minimum absolute atomic E-state index is 0.0930. The Morgan fingerprint density at radius 2 is 1.93 bits per heavy atom. The van der Waals surface area contributed by atoms with Gasteiger partial charge in [0, 0.05) is 28.9 Å². The maximum Gasteiger partial charge on any atom is 0.0938 e. The molecule has 3 N–H and O–H groups in total. The van der Waals surface area contributed by atoms with Crippen LogP contribution in [0.2, 0.25) is 0 Å². The predicted octanol–water partition coefficient (Wildman–Crippen LogP) is 5.74. The molecule has 0 heterocycles. The van der Waals surface area contributed by atoms with Crippen LogP contribution in [0, 0.1) is 17.3 Å². The molecule has 0 aromatic rings. The monoisotopic (exact) mass is 403 g/mol. The summed E-state index contributed by atoms with van der Waals surface area (Å²) in [4.78, 5) is 4.35. The van der Waals surface area contributed by atoms with Crippen LogP contribution in [0.25, 0.3) is 0 Å². The normalized spacial score (nSPS) is 17.9. The van der Waals surface area contributed by atoms with E-state index in [1.165, 1.54) is 5.57 Å². The van der Waals surface area contributed by atoms with Gasteiger partial charge >= 0.3 is 0 Å². The van der Waals surface area contributed by atoms with Gasteiger partial charge in [0.2, 0.25) is 0 Å². The van der Waals surface area contributed by atoms with Gasteiger partial charge in [0.15, 0.2) is 0 Å². The van der Waals surface area contributed by atoms with Gasteiger partial charge in [-0.3, -0.25) is 4.99 Å². The first-order valence-electron chi connectivity index (χ1n) is 9.71. The highest BCUT2D eigenvalue weighted by Crippen LogP contribution is 2.24. The number of allylic oxidation sites excluding steroid dienone is 4. The number of nitrogens with one attached hydrogen (secondary N) is 1. The van der Waals surface area contributed by atoms with Crippen molar-refractivity contribution in [2.24, 2.45) is 16.1 Å². The van der Waals surface area contributed by atoms with E-state index in [1.54, 1.807) is 0 Å². The summed E-state index contributed by atoms with van der Waals surface area (Å²) >= 11 is 6.00. The molecule has 0 amide bonds. The Morgan fingerprint density at radius 1 is 1.29 bits per heavy atom. The molecule has 0 aromatic carbocycles. The lowest BCUT2D eigenvalue weighted by Crippen LogP contribution is -2.55. The zero-order valence-corrected chi connectivity index (χ0v) is 19.5. The number of halogens is 1. The summed E-state index contributed by atoms with van der Waals surface area (Å²) in [5, 5.41) is 4.37. The van der Waals surface area contributed by atoms with Gasteiger partial charge in [0.25, 0.3) is 0 Å². The van der Waals surface area contributed by atoms with Crippen LogP contribution >= 0.6 is 11.6 Å². The maximum absolute atomic E-state index is 6.50. The van der Waals surface area contributed by atoms with Crippen molar-refractivity contribution >= 4 is 17.3 Å². The lowest BCUT2D eigenvalue weighted by Gasteiger charge is -2.33. The molecule has 0 fully saturated rings. The van der Waals surface area contributed by atoms with Crippen LogP contribution in [0.1, 0.15) is 61.3 Å². The van der Waals surface area contributed by atoms with Gasteiger partial charge in [0.05, 0.1) is 11.6 Å². The van der Waals surface area contributed by atoms with E-state index in [1.807, 2.05) is 53.0 Å². The van der Waals surface area contributed by atoms with Gasteiger partial charge in [-0.1, -0.05) is 54.3 Å². The van der Waals surface area contributed by atoms with Crippen LogP contribution in [0.3, 0.4) is 0 Å². The third-order valence-electron chi connectivity index (χ3n) is 4.42. The number of hydrogen-bond acceptors (Lipinski definition) is 3. The van der Waals surface area contributed by atoms with E-state index >= 15 is 0 Å². The first-order valence-corrected chi connectivity index (χ1v) is 10.1. The van der Waals surface area contributed by atoms with Crippen molar-refractivity contribution in [2.75, 3.05) is 6.54 Å². The van der Waals surface area contributed by atoms with E-state index in [0.29, 0.717) is 0 Å². The number of nitrogens with two attached hydrogens (primary N) is 1. The van der Waals surface area contributed by atoms with Crippen molar-refractivity contribution in [2.45, 2.75) is 72.9 Å². The lowest BCUT2D eigenvalue weighted by atomic mass is 9.85. The van der Waals surface area contributed by atoms with Crippen LogP contribution < -0.4 is 11.1 Å². The lowest BCUT2D eigenvalue weighted by molar-refractivity contribution is 0.349. The van der Waals surface area contributed by atoms with Crippen LogP contribution in [-0.2, 0) is 0 Å². The van der Waals surface area contributed by atoms with Crippen LogP contribution in [0.5, 0.6) is 0 Å². The van der Waals surface area contributed by atoms with Crippen LogP contribution in [0.15, 0.2) is 52.7 Å². The third kappa shape index (κ3) is 11.3. The minimum atomic E-state index is -0.679. The third-order valence-corrected chi connectivity index (χ3v) is 4.57. The average Bonchev–Trinajstić information content (AvgIpc) is 2.60. The fourth-order valence-electron chi connectivity index (χ4n) is 2.45. The highest BCUT2D eigenvalue weighted by atomic mass is 35.5. The number of rotatable bonds is 11. The Bertz CT molecular complexity index is 678. The highest BCUT2D eigenvalue weighted by molar-refractivity contribution is 6.29. The topological polar surface area (TPSA) is 50.4 Å². The highest BCUT2D eigenvalue weighted by Gasteiger charge is 2.28. The largest absolute Gasteiger partial charge is 0.314 e. The Labute approximate surface area is 177 Å². The van der Waals surface area contributed by atoms with E-state index < -0.39 is 5.54 Å².